The third-order valence-corrected chi connectivity index (χ3v) is 7.71. The topological polar surface area (TPSA) is 84.6 Å². The Kier molecular flexibility index (Phi) is 9.40. The van der Waals surface area contributed by atoms with E-state index >= 15 is 0 Å². The number of aliphatic hydroxyl groups excluding tert-OH is 1. The van der Waals surface area contributed by atoms with E-state index < -0.39 is 5.97 Å². The minimum atomic E-state index is -0.910. The van der Waals surface area contributed by atoms with Crippen LogP contribution in [0.4, 0.5) is 0 Å². The summed E-state index contributed by atoms with van der Waals surface area (Å²) in [6.45, 7) is 1.35. The summed E-state index contributed by atoms with van der Waals surface area (Å²) >= 11 is 1.78. The zero-order valence-corrected chi connectivity index (χ0v) is 20.8. The summed E-state index contributed by atoms with van der Waals surface area (Å²) in [4.78, 5) is 10.7. The van der Waals surface area contributed by atoms with Gasteiger partial charge in [0, 0.05) is 30.0 Å². The maximum Gasteiger partial charge on any atom is 0.329 e. The number of rotatable bonds is 12. The van der Waals surface area contributed by atoms with Crippen molar-refractivity contribution in [3.63, 3.8) is 0 Å². The molecule has 1 heterocycles. The van der Waals surface area contributed by atoms with Crippen molar-refractivity contribution < 1.29 is 19.7 Å². The smallest absolute Gasteiger partial charge is 0.329 e. The highest BCUT2D eigenvalue weighted by Crippen LogP contribution is 2.41. The monoisotopic (exact) mass is 494 g/mol. The van der Waals surface area contributed by atoms with Gasteiger partial charge in [-0.3, -0.25) is 4.68 Å². The van der Waals surface area contributed by atoms with Crippen molar-refractivity contribution in [2.45, 2.75) is 43.7 Å². The lowest BCUT2D eigenvalue weighted by atomic mass is 9.82. The summed E-state index contributed by atoms with van der Waals surface area (Å²) in [6, 6.07) is 20.8. The minimum Gasteiger partial charge on any atom is -0.480 e. The molecule has 1 aromatic heterocycles. The van der Waals surface area contributed by atoms with Crippen LogP contribution in [-0.2, 0) is 16.1 Å². The van der Waals surface area contributed by atoms with Crippen LogP contribution in [0.5, 0.6) is 0 Å². The molecule has 2 N–H and O–H groups in total. The van der Waals surface area contributed by atoms with Crippen LogP contribution < -0.4 is 0 Å². The van der Waals surface area contributed by atoms with Crippen molar-refractivity contribution in [1.82, 2.24) is 9.78 Å². The largest absolute Gasteiger partial charge is 0.480 e. The van der Waals surface area contributed by atoms with Crippen LogP contribution in [0, 0.1) is 11.8 Å². The van der Waals surface area contributed by atoms with E-state index in [-0.39, 0.29) is 13.2 Å². The summed E-state index contributed by atoms with van der Waals surface area (Å²) in [5, 5.41) is 24.5. The Balaban J connectivity index is 1.58. The average molecular weight is 495 g/mol. The van der Waals surface area contributed by atoms with Crippen LogP contribution in [0.15, 0.2) is 65.7 Å². The summed E-state index contributed by atoms with van der Waals surface area (Å²) in [6.07, 6.45) is 5.02. The standard InChI is InChI=1S/C28H34N2O4S/c31-16-7-17-35-28-26(23-8-3-1-4-9-23)27(24-10-5-2-6-11-24)29-30(28)18-21-12-14-22(15-13-21)19-34-20-25(32)33/h1-6,8-11,21-22,31H,7,12-20H2,(H,32,33). The van der Waals surface area contributed by atoms with Crippen LogP contribution in [-0.4, -0.2) is 51.5 Å². The highest BCUT2D eigenvalue weighted by Gasteiger charge is 2.26. The normalized spacial score (nSPS) is 18.0. The predicted molar refractivity (Wildman–Crippen MR) is 139 cm³/mol. The molecule has 0 spiro atoms. The molecule has 186 valence electrons. The fourth-order valence-corrected chi connectivity index (χ4v) is 5.84. The summed E-state index contributed by atoms with van der Waals surface area (Å²) in [7, 11) is 0. The second kappa shape index (κ2) is 12.9. The van der Waals surface area contributed by atoms with Crippen molar-refractivity contribution in [1.29, 1.82) is 0 Å². The van der Waals surface area contributed by atoms with Gasteiger partial charge < -0.3 is 14.9 Å². The SMILES string of the molecule is O=C(O)COCC1CCC(Cn2nc(-c3ccccc3)c(-c3ccccc3)c2SCCCO)CC1. The molecule has 0 amide bonds. The Labute approximate surface area is 211 Å². The fraction of sp³-hybridized carbons (Fsp3) is 0.429. The number of aromatic nitrogens is 2. The number of thioether (sulfide) groups is 1. The zero-order chi connectivity index (χ0) is 24.5. The Morgan fingerprint density at radius 2 is 1.60 bits per heavy atom. The Bertz CT molecular complexity index is 1060. The van der Waals surface area contributed by atoms with E-state index in [4.69, 9.17) is 14.9 Å². The number of benzene rings is 2. The summed E-state index contributed by atoms with van der Waals surface area (Å²) in [5.41, 5.74) is 4.42. The average Bonchev–Trinajstić information content (AvgIpc) is 3.24. The van der Waals surface area contributed by atoms with E-state index in [1.54, 1.807) is 11.8 Å². The fourth-order valence-electron chi connectivity index (χ4n) is 4.75. The third-order valence-electron chi connectivity index (χ3n) is 6.53. The highest BCUT2D eigenvalue weighted by atomic mass is 32.2. The molecule has 1 saturated carbocycles. The van der Waals surface area contributed by atoms with Crippen molar-refractivity contribution >= 4 is 17.7 Å². The number of carbonyl (C=O) groups is 1. The molecule has 3 aromatic rings. The lowest BCUT2D eigenvalue weighted by molar-refractivity contribution is -0.142. The van der Waals surface area contributed by atoms with Gasteiger partial charge in [-0.2, -0.15) is 5.10 Å². The van der Waals surface area contributed by atoms with Gasteiger partial charge in [-0.1, -0.05) is 60.7 Å². The van der Waals surface area contributed by atoms with Crippen LogP contribution in [0.3, 0.4) is 0 Å². The lowest BCUT2D eigenvalue weighted by Crippen LogP contribution is -2.23. The third kappa shape index (κ3) is 6.97. The van der Waals surface area contributed by atoms with Gasteiger partial charge in [0.2, 0.25) is 0 Å². The van der Waals surface area contributed by atoms with Crippen LogP contribution in [0.2, 0.25) is 0 Å². The molecule has 6 nitrogen and oxygen atoms in total. The molecule has 7 heteroatoms. The molecule has 0 unspecified atom stereocenters. The summed E-state index contributed by atoms with van der Waals surface area (Å²) < 4.78 is 7.53. The zero-order valence-electron chi connectivity index (χ0n) is 20.0. The first-order chi connectivity index (χ1) is 17.2. The Morgan fingerprint density at radius 1 is 0.971 bits per heavy atom. The molecule has 1 aliphatic carbocycles. The Hall–Kier alpha value is -2.61. The molecular formula is C28H34N2O4S. The second-order valence-corrected chi connectivity index (χ2v) is 10.2. The number of ether oxygens (including phenoxy) is 1. The maximum absolute atomic E-state index is 10.7. The van der Waals surface area contributed by atoms with E-state index in [0.29, 0.717) is 18.4 Å². The van der Waals surface area contributed by atoms with Crippen LogP contribution >= 0.6 is 11.8 Å². The van der Waals surface area contributed by atoms with Gasteiger partial charge in [0.1, 0.15) is 17.3 Å². The van der Waals surface area contributed by atoms with Gasteiger partial charge in [0.15, 0.2) is 0 Å². The molecule has 1 aliphatic rings. The first-order valence-electron chi connectivity index (χ1n) is 12.4. The quantitative estimate of drug-likeness (QED) is 0.252. The second-order valence-electron chi connectivity index (χ2n) is 9.16. The molecular weight excluding hydrogens is 460 g/mol. The lowest BCUT2D eigenvalue weighted by Gasteiger charge is -2.28. The Morgan fingerprint density at radius 3 is 2.23 bits per heavy atom. The van der Waals surface area contributed by atoms with Crippen molar-refractivity contribution in [3.8, 4) is 22.4 Å². The predicted octanol–water partition coefficient (Wildman–Crippen LogP) is 5.60. The van der Waals surface area contributed by atoms with E-state index in [9.17, 15) is 9.90 Å². The molecule has 35 heavy (non-hydrogen) atoms. The van der Waals surface area contributed by atoms with E-state index in [1.807, 2.05) is 12.1 Å². The van der Waals surface area contributed by atoms with Crippen LogP contribution in [0.1, 0.15) is 32.1 Å². The van der Waals surface area contributed by atoms with Gasteiger partial charge in [-0.15, -0.1) is 11.8 Å². The minimum absolute atomic E-state index is 0.182. The number of nitrogens with zero attached hydrogens (tertiary/aromatic N) is 2. The number of aliphatic carboxylic acids is 1. The first kappa shape index (κ1) is 25.5. The maximum atomic E-state index is 10.7. The number of aliphatic hydroxyl groups is 1. The number of hydrogen-bond donors (Lipinski definition) is 2. The number of hydrogen-bond acceptors (Lipinski definition) is 5. The molecule has 0 aliphatic heterocycles. The van der Waals surface area contributed by atoms with E-state index in [2.05, 4.69) is 53.2 Å². The van der Waals surface area contributed by atoms with Crippen LogP contribution in [0.25, 0.3) is 22.4 Å². The van der Waals surface area contributed by atoms with Crippen molar-refractivity contribution in [2.24, 2.45) is 11.8 Å². The molecule has 2 aromatic carbocycles. The van der Waals surface area contributed by atoms with Gasteiger partial charge >= 0.3 is 5.97 Å². The first-order valence-corrected chi connectivity index (χ1v) is 13.4. The molecule has 0 bridgehead atoms. The molecule has 0 atom stereocenters. The molecule has 4 rings (SSSR count). The van der Waals surface area contributed by atoms with Crippen molar-refractivity contribution in [2.75, 3.05) is 25.6 Å². The van der Waals surface area contributed by atoms with Gasteiger partial charge in [0.05, 0.1) is 6.61 Å². The van der Waals surface area contributed by atoms with Gasteiger partial charge in [-0.05, 0) is 49.5 Å². The molecule has 0 radical (unpaired) electrons. The molecule has 1 fully saturated rings. The van der Waals surface area contributed by atoms with E-state index in [0.717, 1.165) is 71.8 Å². The highest BCUT2D eigenvalue weighted by molar-refractivity contribution is 7.99. The van der Waals surface area contributed by atoms with Gasteiger partial charge in [0.25, 0.3) is 0 Å². The van der Waals surface area contributed by atoms with Gasteiger partial charge in [-0.25, -0.2) is 4.79 Å². The van der Waals surface area contributed by atoms with Crippen molar-refractivity contribution in [3.05, 3.63) is 60.7 Å². The number of carboxylic acid groups (broad SMARTS) is 1. The van der Waals surface area contributed by atoms with E-state index in [1.165, 1.54) is 0 Å². The summed E-state index contributed by atoms with van der Waals surface area (Å²) in [5.74, 6) is 0.882. The molecule has 0 saturated heterocycles. The number of carboxylic acids is 1.